The van der Waals surface area contributed by atoms with Crippen LogP contribution >= 0.6 is 35.9 Å². The molecule has 0 fully saturated rings. The third kappa shape index (κ3) is 19.5. The van der Waals surface area contributed by atoms with Crippen LogP contribution in [0.3, 0.4) is 0 Å². The number of hydrogen-bond acceptors (Lipinski definition) is 4. The molecule has 0 N–H and O–H groups in total. The molecule has 0 aliphatic heterocycles. The molecular weight excluding hydrogens is 1380 g/mol. The van der Waals surface area contributed by atoms with E-state index in [1.165, 1.54) is 75.6 Å². The Morgan fingerprint density at radius 3 is 0.649 bits per heavy atom. The molecule has 0 heterocycles. The molecule has 10 rings (SSSR count). The maximum absolute atomic E-state index is 7.41. The number of para-hydroxylation sites is 2. The molecule has 0 amide bonds. The van der Waals surface area contributed by atoms with Gasteiger partial charge in [0, 0.05) is 26.4 Å². The molecule has 0 aromatic heterocycles. The van der Waals surface area contributed by atoms with Crippen LogP contribution in [-0.2, 0) is 9.47 Å². The van der Waals surface area contributed by atoms with E-state index < -0.39 is 61.8 Å². The molecule has 94 heavy (non-hydrogen) atoms. The van der Waals surface area contributed by atoms with Crippen LogP contribution in [0, 0.1) is 0 Å². The predicted molar refractivity (Wildman–Crippen MR) is 428 cm³/mol. The second kappa shape index (κ2) is 39.8. The van der Waals surface area contributed by atoms with E-state index in [1.807, 2.05) is 27.7 Å². The van der Waals surface area contributed by atoms with Gasteiger partial charge in [-0.2, -0.15) is 0 Å². The van der Waals surface area contributed by atoms with Crippen LogP contribution in [0.2, 0.25) is 0 Å². The van der Waals surface area contributed by atoms with Crippen molar-refractivity contribution >= 4 is 135 Å². The first kappa shape index (κ1) is 76.1. The number of nitrogens with zero attached hydrogens (tertiary/aromatic N) is 2. The van der Waals surface area contributed by atoms with Crippen LogP contribution in [0.5, 0.6) is 0 Å². The first-order valence-corrected chi connectivity index (χ1v) is 48.8. The van der Waals surface area contributed by atoms with Crippen LogP contribution in [0.25, 0.3) is 0 Å². The Morgan fingerprint density at radius 1 is 0.298 bits per heavy atom. The van der Waals surface area contributed by atoms with Crippen molar-refractivity contribution in [3.8, 4) is 0 Å². The number of benzene rings is 10. The summed E-state index contributed by atoms with van der Waals surface area (Å²) in [5.41, 5.74) is 8.40. The molecule has 4 nitrogen and oxygen atoms in total. The fraction of sp³-hybridized carbons (Fsp3) is 0.268. The quantitative estimate of drug-likeness (QED) is 0.0398. The summed E-state index contributed by atoms with van der Waals surface area (Å²) in [4.78, 5) is 0. The molecule has 0 unspecified atom stereocenters. The van der Waals surface area contributed by atoms with Crippen molar-refractivity contribution in [3.05, 3.63) is 301 Å². The van der Waals surface area contributed by atoms with Crippen molar-refractivity contribution in [2.75, 3.05) is 45.0 Å². The number of anilines is 2. The van der Waals surface area contributed by atoms with Crippen LogP contribution in [0.15, 0.2) is 279 Å². The van der Waals surface area contributed by atoms with Crippen molar-refractivity contribution in [1.82, 2.24) is 0 Å². The molecule has 12 heteroatoms. The molecule has 0 saturated carbocycles. The van der Waals surface area contributed by atoms with E-state index >= 15 is 0 Å². The van der Waals surface area contributed by atoms with Crippen molar-refractivity contribution in [3.63, 3.8) is 0 Å². The Hall–Kier alpha value is -5.32. The van der Waals surface area contributed by atoms with Gasteiger partial charge in [0.15, 0.2) is 0 Å². The Labute approximate surface area is 592 Å². The molecular formula is C82H100Cl2Ge2N2O2P2Si2+2. The van der Waals surface area contributed by atoms with E-state index in [0.717, 1.165) is 38.0 Å². The van der Waals surface area contributed by atoms with Gasteiger partial charge in [0.05, 0.1) is 0 Å². The summed E-state index contributed by atoms with van der Waals surface area (Å²) in [5.74, 6) is 3.73. The Balaban J connectivity index is 0.000000232. The van der Waals surface area contributed by atoms with E-state index in [2.05, 4.69) is 341 Å². The minimum atomic E-state index is -2.70. The smallest absolute Gasteiger partial charge is 0.0437 e. The number of ether oxygens (including phenoxy) is 2. The average molecular weight is 1480 g/mol. The first-order chi connectivity index (χ1) is 45.8. The molecule has 0 saturated heterocycles. The number of hydrogen-bond donors (Lipinski definition) is 0. The molecule has 0 spiro atoms. The van der Waals surface area contributed by atoms with Gasteiger partial charge in [0.25, 0.3) is 0 Å². The molecule has 488 valence electrons. The minimum Gasteiger partial charge on any atom is -0.382 e. The van der Waals surface area contributed by atoms with Gasteiger partial charge in [-0.25, -0.2) is 0 Å². The van der Waals surface area contributed by atoms with Gasteiger partial charge in [-0.1, -0.05) is 0 Å². The second-order valence-corrected chi connectivity index (χ2v) is 44.5. The Kier molecular flexibility index (Phi) is 32.2. The van der Waals surface area contributed by atoms with Gasteiger partial charge in [0.1, 0.15) is 0 Å². The van der Waals surface area contributed by atoms with E-state index in [9.17, 15) is 0 Å². The maximum Gasteiger partial charge on any atom is 0.0437 e. The van der Waals surface area contributed by atoms with Gasteiger partial charge in [0.2, 0.25) is 0 Å². The normalized spacial score (nSPS) is 11.4. The zero-order valence-electron chi connectivity index (χ0n) is 57.6. The standard InChI is InChI=1S/2C37H39ClGeNPSi.2C4H10O/c2*1-29(2)35-26-17-27-36(30(3)4)37(35)40(39-38)42(33-22-13-7-14-23-33,34-24-15-8-16-25-34)28-41(31-18-9-5-10-19-31)32-20-11-6-12-21-32;2*1-3-5-4-2/h2*5-27,29-30H,28H2,1-4H3;2*3-4H2,1-2H3/p+2. The first-order valence-electron chi connectivity index (χ1n) is 33.7. The largest absolute Gasteiger partial charge is 0.382 e. The molecule has 10 aromatic carbocycles. The maximum atomic E-state index is 7.41. The summed E-state index contributed by atoms with van der Waals surface area (Å²) in [6.45, 7) is 29.9. The predicted octanol–water partition coefficient (Wildman–Crippen LogP) is 17.4. The topological polar surface area (TPSA) is 24.9 Å². The van der Waals surface area contributed by atoms with Gasteiger partial charge < -0.3 is 9.47 Å². The van der Waals surface area contributed by atoms with Crippen molar-refractivity contribution in [2.24, 2.45) is 0 Å². The molecule has 0 atom stereocenters. The van der Waals surface area contributed by atoms with Gasteiger partial charge >= 0.3 is 534 Å². The molecule has 10 aromatic rings. The third-order valence-electron chi connectivity index (χ3n) is 17.2. The average Bonchev–Trinajstić information content (AvgIpc) is 0.743. The van der Waals surface area contributed by atoms with Crippen LogP contribution in [0.4, 0.5) is 11.4 Å². The summed E-state index contributed by atoms with van der Waals surface area (Å²) in [6.07, 6.45) is 0. The fourth-order valence-corrected chi connectivity index (χ4v) is 48.7. The number of halogens is 2. The van der Waals surface area contributed by atoms with E-state index in [-0.39, 0.29) is 0 Å². The van der Waals surface area contributed by atoms with Crippen molar-refractivity contribution in [2.45, 2.75) is 107 Å². The Bertz CT molecular complexity index is 3240. The van der Waals surface area contributed by atoms with Crippen LogP contribution < -0.4 is 49.0 Å². The molecule has 0 bridgehead atoms. The second-order valence-electron chi connectivity index (χ2n) is 24.6. The number of rotatable bonds is 26. The van der Waals surface area contributed by atoms with Crippen molar-refractivity contribution in [1.29, 1.82) is 0 Å². The summed E-state index contributed by atoms with van der Waals surface area (Å²) < 4.78 is 15.3. The van der Waals surface area contributed by atoms with E-state index in [4.69, 9.17) is 29.5 Å². The van der Waals surface area contributed by atoms with Gasteiger partial charge in [-0.15, -0.1) is 0 Å². The summed E-state index contributed by atoms with van der Waals surface area (Å²) in [6, 6.07) is 104. The fourth-order valence-electron chi connectivity index (χ4n) is 12.6. The molecule has 0 aliphatic rings. The zero-order chi connectivity index (χ0) is 67.3. The Morgan fingerprint density at radius 2 is 0.489 bits per heavy atom. The van der Waals surface area contributed by atoms with Crippen LogP contribution in [0.1, 0.15) is 129 Å². The van der Waals surface area contributed by atoms with Crippen molar-refractivity contribution < 1.29 is 9.47 Å². The van der Waals surface area contributed by atoms with Gasteiger partial charge in [-0.3, -0.25) is 0 Å². The molecule has 4 radical (unpaired) electrons. The van der Waals surface area contributed by atoms with E-state index in [1.54, 1.807) is 0 Å². The summed E-state index contributed by atoms with van der Waals surface area (Å²) in [5, 5.41) is 11.5. The van der Waals surface area contributed by atoms with Crippen LogP contribution in [-0.4, -0.2) is 83.9 Å². The third-order valence-corrected chi connectivity index (χ3v) is 46.3. The summed E-state index contributed by atoms with van der Waals surface area (Å²) >= 11 is -2.05. The van der Waals surface area contributed by atoms with Gasteiger partial charge in [-0.05, 0) is 27.7 Å². The summed E-state index contributed by atoms with van der Waals surface area (Å²) in [7, 11) is 7.04. The van der Waals surface area contributed by atoms with E-state index in [0.29, 0.717) is 23.7 Å². The molecule has 0 aliphatic carbocycles. The minimum absolute atomic E-state index is 0.391. The SMILES string of the molecule is CC(C)c1cccc(C(C)C)c1[N]([Ge][Cl])[Si](C[PH+](c1ccccc1)c1ccccc1)(c1ccccc1)c1ccccc1.CC(C)c1cccc(C(C)C)c1[N]([Ge][Cl])[Si](C[PH+](c1ccccc1)c1ccccc1)(c1ccccc1)c1ccccc1.CCOCC.CCOCC. The zero-order valence-corrected chi connectivity index (χ0v) is 67.3. The monoisotopic (exact) mass is 1480 g/mol.